The summed E-state index contributed by atoms with van der Waals surface area (Å²) in [5.74, 6) is 2.69. The van der Waals surface area contributed by atoms with E-state index in [2.05, 4.69) is 26.5 Å². The highest BCUT2D eigenvalue weighted by atomic mass is 14.4. The first-order valence-corrected chi connectivity index (χ1v) is 3.38. The maximum Gasteiger partial charge on any atom is -0.0202 e. The summed E-state index contributed by atoms with van der Waals surface area (Å²) in [5.41, 5.74) is 0. The largest absolute Gasteiger partial charge is 0.103 e. The van der Waals surface area contributed by atoms with Gasteiger partial charge in [0.25, 0.3) is 0 Å². The summed E-state index contributed by atoms with van der Waals surface area (Å²) in [6.45, 7) is 8.33. The highest BCUT2D eigenvalue weighted by Crippen LogP contribution is 2.44. The molecule has 0 aromatic heterocycles. The van der Waals surface area contributed by atoms with E-state index in [0.717, 1.165) is 17.8 Å². The number of allylic oxidation sites excluding steroid dienone is 1. The molecule has 0 aromatic carbocycles. The highest BCUT2D eigenvalue weighted by molar-refractivity contribution is 4.98. The molecule has 0 spiro atoms. The molecule has 0 N–H and O–H groups in total. The third kappa shape index (κ3) is 0.936. The first kappa shape index (κ1) is 5.87. The molecule has 8 heavy (non-hydrogen) atoms. The lowest BCUT2D eigenvalue weighted by Gasteiger charge is -1.97. The zero-order chi connectivity index (χ0) is 6.15. The number of hydrogen-bond acceptors (Lipinski definition) is 0. The van der Waals surface area contributed by atoms with Gasteiger partial charge < -0.3 is 0 Å². The Morgan fingerprint density at radius 3 is 2.38 bits per heavy atom. The first-order chi connectivity index (χ1) is 3.75. The lowest BCUT2D eigenvalue weighted by atomic mass is 10.1. The fourth-order valence-electron chi connectivity index (χ4n) is 1.27. The molecule has 1 rings (SSSR count). The Bertz CT molecular complexity index is 92.2. The van der Waals surface area contributed by atoms with Crippen molar-refractivity contribution in [2.75, 3.05) is 0 Å². The summed E-state index contributed by atoms with van der Waals surface area (Å²) in [5, 5.41) is 0. The van der Waals surface area contributed by atoms with E-state index in [-0.39, 0.29) is 0 Å². The minimum absolute atomic E-state index is 0.856. The molecule has 0 saturated heterocycles. The summed E-state index contributed by atoms with van der Waals surface area (Å²) in [6, 6.07) is 0. The van der Waals surface area contributed by atoms with Crippen LogP contribution in [0, 0.1) is 17.8 Å². The van der Waals surface area contributed by atoms with E-state index < -0.39 is 0 Å². The van der Waals surface area contributed by atoms with Crippen LogP contribution < -0.4 is 0 Å². The second-order valence-electron chi connectivity index (χ2n) is 3.04. The maximum atomic E-state index is 3.76. The van der Waals surface area contributed by atoms with Crippen molar-refractivity contribution in [3.05, 3.63) is 12.7 Å². The molecule has 46 valence electrons. The van der Waals surface area contributed by atoms with E-state index >= 15 is 0 Å². The second-order valence-corrected chi connectivity index (χ2v) is 3.04. The molecule has 0 radical (unpaired) electrons. The van der Waals surface area contributed by atoms with Crippen molar-refractivity contribution in [2.24, 2.45) is 17.8 Å². The molecule has 0 aromatic rings. The summed E-state index contributed by atoms with van der Waals surface area (Å²) in [7, 11) is 0. The smallest absolute Gasteiger partial charge is 0.0202 e. The minimum Gasteiger partial charge on any atom is -0.103 e. The van der Waals surface area contributed by atoms with Crippen molar-refractivity contribution in [3.8, 4) is 0 Å². The van der Waals surface area contributed by atoms with Gasteiger partial charge in [0.2, 0.25) is 0 Å². The van der Waals surface area contributed by atoms with Crippen LogP contribution in [0.1, 0.15) is 20.3 Å². The molecule has 0 bridgehead atoms. The van der Waals surface area contributed by atoms with Gasteiger partial charge in [0.05, 0.1) is 0 Å². The summed E-state index contributed by atoms with van der Waals surface area (Å²) in [6.07, 6.45) is 3.48. The van der Waals surface area contributed by atoms with E-state index in [1.807, 2.05) is 0 Å². The van der Waals surface area contributed by atoms with Crippen LogP contribution in [0.5, 0.6) is 0 Å². The third-order valence-corrected chi connectivity index (χ3v) is 2.05. The Balaban J connectivity index is 2.26. The lowest BCUT2D eigenvalue weighted by Crippen LogP contribution is -1.89. The fraction of sp³-hybridized carbons (Fsp3) is 0.750. The molecule has 1 fully saturated rings. The van der Waals surface area contributed by atoms with Crippen LogP contribution in [0.25, 0.3) is 0 Å². The van der Waals surface area contributed by atoms with Gasteiger partial charge in [0.15, 0.2) is 0 Å². The molecular formula is C8H14. The van der Waals surface area contributed by atoms with Crippen molar-refractivity contribution in [3.63, 3.8) is 0 Å². The monoisotopic (exact) mass is 110 g/mol. The van der Waals surface area contributed by atoms with E-state index in [1.54, 1.807) is 0 Å². The first-order valence-electron chi connectivity index (χ1n) is 3.38. The predicted molar refractivity (Wildman–Crippen MR) is 36.6 cm³/mol. The van der Waals surface area contributed by atoms with Crippen molar-refractivity contribution < 1.29 is 0 Å². The normalized spacial score (nSPS) is 35.4. The van der Waals surface area contributed by atoms with E-state index in [4.69, 9.17) is 0 Å². The van der Waals surface area contributed by atoms with Crippen molar-refractivity contribution in [2.45, 2.75) is 20.3 Å². The Kier molecular flexibility index (Phi) is 1.41. The molecule has 0 aliphatic heterocycles. The summed E-state index contributed by atoms with van der Waals surface area (Å²) >= 11 is 0. The SMILES string of the molecule is C=CC1CC1C(C)C. The van der Waals surface area contributed by atoms with E-state index in [9.17, 15) is 0 Å². The molecule has 0 nitrogen and oxygen atoms in total. The van der Waals surface area contributed by atoms with Gasteiger partial charge in [-0.1, -0.05) is 19.9 Å². The van der Waals surface area contributed by atoms with E-state index in [1.165, 1.54) is 6.42 Å². The Morgan fingerprint density at radius 1 is 1.62 bits per heavy atom. The number of hydrogen-bond donors (Lipinski definition) is 0. The van der Waals surface area contributed by atoms with Gasteiger partial charge in [-0.05, 0) is 24.2 Å². The Morgan fingerprint density at radius 2 is 2.25 bits per heavy atom. The molecule has 0 amide bonds. The van der Waals surface area contributed by atoms with Gasteiger partial charge in [-0.25, -0.2) is 0 Å². The van der Waals surface area contributed by atoms with Crippen molar-refractivity contribution in [1.29, 1.82) is 0 Å². The molecule has 0 heteroatoms. The van der Waals surface area contributed by atoms with Crippen molar-refractivity contribution in [1.82, 2.24) is 0 Å². The zero-order valence-electron chi connectivity index (χ0n) is 5.72. The Hall–Kier alpha value is -0.260. The average molecular weight is 110 g/mol. The van der Waals surface area contributed by atoms with Crippen LogP contribution >= 0.6 is 0 Å². The molecular weight excluding hydrogens is 96.1 g/mol. The minimum atomic E-state index is 0.856. The highest BCUT2D eigenvalue weighted by Gasteiger charge is 2.36. The fourth-order valence-corrected chi connectivity index (χ4v) is 1.27. The van der Waals surface area contributed by atoms with E-state index in [0.29, 0.717) is 0 Å². The van der Waals surface area contributed by atoms with Crippen LogP contribution in [-0.4, -0.2) is 0 Å². The quantitative estimate of drug-likeness (QED) is 0.479. The molecule has 1 saturated carbocycles. The molecule has 1 aliphatic rings. The second kappa shape index (κ2) is 1.93. The third-order valence-electron chi connectivity index (χ3n) is 2.05. The van der Waals surface area contributed by atoms with Crippen LogP contribution in [0.15, 0.2) is 12.7 Å². The van der Waals surface area contributed by atoms with Crippen molar-refractivity contribution >= 4 is 0 Å². The van der Waals surface area contributed by atoms with Gasteiger partial charge in [-0.15, -0.1) is 6.58 Å². The van der Waals surface area contributed by atoms with Crippen LogP contribution in [0.3, 0.4) is 0 Å². The Labute approximate surface area is 51.6 Å². The van der Waals surface area contributed by atoms with Gasteiger partial charge in [-0.2, -0.15) is 0 Å². The maximum absolute atomic E-state index is 3.76. The standard InChI is InChI=1S/C8H14/c1-4-7-5-8(7)6(2)3/h4,6-8H,1,5H2,2-3H3. The average Bonchev–Trinajstić information content (AvgIpc) is 2.42. The van der Waals surface area contributed by atoms with Gasteiger partial charge in [-0.3, -0.25) is 0 Å². The lowest BCUT2D eigenvalue weighted by molar-refractivity contribution is 0.543. The molecule has 1 aliphatic carbocycles. The molecule has 0 heterocycles. The van der Waals surface area contributed by atoms with Crippen LogP contribution in [-0.2, 0) is 0 Å². The summed E-state index contributed by atoms with van der Waals surface area (Å²) in [4.78, 5) is 0. The van der Waals surface area contributed by atoms with Gasteiger partial charge in [0, 0.05) is 0 Å². The van der Waals surface area contributed by atoms with Crippen LogP contribution in [0.2, 0.25) is 0 Å². The van der Waals surface area contributed by atoms with Gasteiger partial charge in [0.1, 0.15) is 0 Å². The van der Waals surface area contributed by atoms with Gasteiger partial charge >= 0.3 is 0 Å². The topological polar surface area (TPSA) is 0 Å². The van der Waals surface area contributed by atoms with Crippen LogP contribution in [0.4, 0.5) is 0 Å². The molecule has 2 atom stereocenters. The predicted octanol–water partition coefficient (Wildman–Crippen LogP) is 2.46. The zero-order valence-corrected chi connectivity index (χ0v) is 5.72. The summed E-state index contributed by atoms with van der Waals surface area (Å²) < 4.78 is 0. The number of rotatable bonds is 2. The molecule has 2 unspecified atom stereocenters.